The van der Waals surface area contributed by atoms with Crippen LogP contribution in [0.5, 0.6) is 5.75 Å². The molecule has 1 unspecified atom stereocenters. The zero-order valence-electron chi connectivity index (χ0n) is 12.8. The number of rotatable bonds is 6. The Morgan fingerprint density at radius 1 is 1.33 bits per heavy atom. The summed E-state index contributed by atoms with van der Waals surface area (Å²) in [7, 11) is 0. The van der Waals surface area contributed by atoms with Crippen LogP contribution in [0.2, 0.25) is 0 Å². The fraction of sp³-hybridized carbons (Fsp3) is 0.625. The van der Waals surface area contributed by atoms with Gasteiger partial charge in [-0.2, -0.15) is 0 Å². The zero-order chi connectivity index (χ0) is 15.3. The summed E-state index contributed by atoms with van der Waals surface area (Å²) < 4.78 is 5.61. The van der Waals surface area contributed by atoms with E-state index in [2.05, 4.69) is 19.2 Å². The number of nitro benzene ring substituents is 1. The van der Waals surface area contributed by atoms with E-state index >= 15 is 0 Å². The van der Waals surface area contributed by atoms with Gasteiger partial charge in [-0.1, -0.05) is 26.7 Å². The molecule has 1 N–H and O–H groups in total. The minimum atomic E-state index is -0.406. The topological polar surface area (TPSA) is 64.4 Å². The highest BCUT2D eigenvalue weighted by Crippen LogP contribution is 2.35. The molecule has 0 amide bonds. The molecular weight excluding hydrogens is 268 g/mol. The third-order valence-electron chi connectivity index (χ3n) is 4.32. The van der Waals surface area contributed by atoms with Gasteiger partial charge in [0.1, 0.15) is 12.4 Å². The van der Waals surface area contributed by atoms with Crippen LogP contribution in [0.3, 0.4) is 0 Å². The molecular formula is C16H24N2O3. The normalized spacial score (nSPS) is 21.0. The Kier molecular flexibility index (Phi) is 5.17. The highest BCUT2D eigenvalue weighted by atomic mass is 16.6. The summed E-state index contributed by atoms with van der Waals surface area (Å²) in [5.41, 5.74) is 0.440. The van der Waals surface area contributed by atoms with Crippen LogP contribution in [-0.2, 0) is 0 Å². The Morgan fingerprint density at radius 2 is 2.05 bits per heavy atom. The van der Waals surface area contributed by atoms with Crippen LogP contribution >= 0.6 is 0 Å². The van der Waals surface area contributed by atoms with Crippen molar-refractivity contribution in [1.82, 2.24) is 5.32 Å². The van der Waals surface area contributed by atoms with Crippen molar-refractivity contribution < 1.29 is 9.66 Å². The van der Waals surface area contributed by atoms with Gasteiger partial charge >= 0.3 is 0 Å². The van der Waals surface area contributed by atoms with Gasteiger partial charge in [0.05, 0.1) is 4.92 Å². The van der Waals surface area contributed by atoms with E-state index in [4.69, 9.17) is 4.74 Å². The number of nitrogens with one attached hydrogen (secondary N) is 1. The minimum Gasteiger partial charge on any atom is -0.492 e. The first-order valence-corrected chi connectivity index (χ1v) is 7.60. The van der Waals surface area contributed by atoms with E-state index in [1.807, 2.05) is 0 Å². The highest BCUT2D eigenvalue weighted by Gasteiger charge is 2.31. The average Bonchev–Trinajstić information content (AvgIpc) is 2.45. The maximum atomic E-state index is 10.6. The van der Waals surface area contributed by atoms with Gasteiger partial charge in [-0.15, -0.1) is 0 Å². The molecule has 1 fully saturated rings. The lowest BCUT2D eigenvalue weighted by molar-refractivity contribution is -0.384. The van der Waals surface area contributed by atoms with Gasteiger partial charge in [-0.05, 0) is 30.4 Å². The van der Waals surface area contributed by atoms with Crippen molar-refractivity contribution in [2.45, 2.75) is 45.6 Å². The summed E-state index contributed by atoms with van der Waals surface area (Å²) >= 11 is 0. The molecule has 1 aliphatic carbocycles. The van der Waals surface area contributed by atoms with Crippen LogP contribution in [0.25, 0.3) is 0 Å². The van der Waals surface area contributed by atoms with Gasteiger partial charge in [-0.25, -0.2) is 0 Å². The lowest BCUT2D eigenvalue weighted by atomic mass is 9.73. The fourth-order valence-corrected chi connectivity index (χ4v) is 2.94. The molecule has 1 saturated carbocycles. The highest BCUT2D eigenvalue weighted by molar-refractivity contribution is 5.35. The quantitative estimate of drug-likeness (QED) is 0.495. The van der Waals surface area contributed by atoms with Crippen molar-refractivity contribution in [2.75, 3.05) is 13.2 Å². The Morgan fingerprint density at radius 3 is 2.67 bits per heavy atom. The molecule has 0 heterocycles. The largest absolute Gasteiger partial charge is 0.492 e. The lowest BCUT2D eigenvalue weighted by Crippen LogP contribution is -2.45. The molecule has 5 heteroatoms. The van der Waals surface area contributed by atoms with Crippen molar-refractivity contribution in [3.8, 4) is 5.75 Å². The van der Waals surface area contributed by atoms with E-state index in [-0.39, 0.29) is 5.69 Å². The Balaban J connectivity index is 1.73. The molecule has 1 aromatic carbocycles. The lowest BCUT2D eigenvalue weighted by Gasteiger charge is -2.39. The van der Waals surface area contributed by atoms with Gasteiger partial charge in [0.15, 0.2) is 0 Å². The van der Waals surface area contributed by atoms with Crippen molar-refractivity contribution >= 4 is 5.69 Å². The number of hydrogen-bond acceptors (Lipinski definition) is 4. The summed E-state index contributed by atoms with van der Waals surface area (Å²) in [6.07, 6.45) is 5.12. The van der Waals surface area contributed by atoms with Gasteiger partial charge in [0, 0.05) is 24.7 Å². The van der Waals surface area contributed by atoms with Crippen molar-refractivity contribution in [3.05, 3.63) is 34.4 Å². The number of benzene rings is 1. The molecule has 116 valence electrons. The SMILES string of the molecule is CC1(C)CCCCC1NCCOc1ccc([N+](=O)[O-])cc1. The fourth-order valence-electron chi connectivity index (χ4n) is 2.94. The molecule has 0 aliphatic heterocycles. The third kappa shape index (κ3) is 4.43. The van der Waals surface area contributed by atoms with Gasteiger partial charge < -0.3 is 10.1 Å². The Labute approximate surface area is 125 Å². The Bertz CT molecular complexity index is 471. The smallest absolute Gasteiger partial charge is 0.269 e. The van der Waals surface area contributed by atoms with Gasteiger partial charge in [-0.3, -0.25) is 10.1 Å². The Hall–Kier alpha value is -1.62. The maximum absolute atomic E-state index is 10.6. The second-order valence-corrected chi connectivity index (χ2v) is 6.34. The molecule has 1 aromatic rings. The van der Waals surface area contributed by atoms with Gasteiger partial charge in [0.2, 0.25) is 0 Å². The minimum absolute atomic E-state index is 0.0874. The van der Waals surface area contributed by atoms with Crippen molar-refractivity contribution in [3.63, 3.8) is 0 Å². The number of nitro groups is 1. The molecule has 1 atom stereocenters. The molecule has 0 bridgehead atoms. The maximum Gasteiger partial charge on any atom is 0.269 e. The first kappa shape index (κ1) is 15.8. The summed E-state index contributed by atoms with van der Waals surface area (Å²) in [5.74, 6) is 0.672. The molecule has 2 rings (SSSR count). The molecule has 1 aliphatic rings. The first-order chi connectivity index (χ1) is 9.99. The molecule has 5 nitrogen and oxygen atoms in total. The second kappa shape index (κ2) is 6.89. The average molecular weight is 292 g/mol. The summed E-state index contributed by atoms with van der Waals surface area (Å²) in [6.45, 7) is 6.01. The van der Waals surface area contributed by atoms with Crippen molar-refractivity contribution in [2.24, 2.45) is 5.41 Å². The molecule has 0 aromatic heterocycles. The standard InChI is InChI=1S/C16H24N2O3/c1-16(2)10-4-3-5-15(16)17-11-12-21-14-8-6-13(7-9-14)18(19)20/h6-9,15,17H,3-5,10-12H2,1-2H3. The van der Waals surface area contributed by atoms with Crippen LogP contribution in [0, 0.1) is 15.5 Å². The molecule has 21 heavy (non-hydrogen) atoms. The van der Waals surface area contributed by atoms with Crippen LogP contribution in [0.1, 0.15) is 39.5 Å². The van der Waals surface area contributed by atoms with Crippen molar-refractivity contribution in [1.29, 1.82) is 0 Å². The second-order valence-electron chi connectivity index (χ2n) is 6.34. The third-order valence-corrected chi connectivity index (χ3v) is 4.32. The summed E-state index contributed by atoms with van der Waals surface area (Å²) in [6, 6.07) is 6.76. The van der Waals surface area contributed by atoms with E-state index < -0.39 is 4.92 Å². The number of nitrogens with zero attached hydrogens (tertiary/aromatic N) is 1. The summed E-state index contributed by atoms with van der Waals surface area (Å²) in [5, 5.41) is 14.1. The van der Waals surface area contributed by atoms with E-state index in [1.165, 1.54) is 37.8 Å². The van der Waals surface area contributed by atoms with Crippen LogP contribution in [-0.4, -0.2) is 24.1 Å². The van der Waals surface area contributed by atoms with Gasteiger partial charge in [0.25, 0.3) is 5.69 Å². The molecule has 0 saturated heterocycles. The predicted octanol–water partition coefficient (Wildman–Crippen LogP) is 3.53. The van der Waals surface area contributed by atoms with Crippen LogP contribution in [0.4, 0.5) is 5.69 Å². The number of ether oxygens (including phenoxy) is 1. The van der Waals surface area contributed by atoms with E-state index in [0.717, 1.165) is 6.54 Å². The first-order valence-electron chi connectivity index (χ1n) is 7.60. The van der Waals surface area contributed by atoms with E-state index in [9.17, 15) is 10.1 Å². The van der Waals surface area contributed by atoms with E-state index in [1.54, 1.807) is 12.1 Å². The van der Waals surface area contributed by atoms with E-state index in [0.29, 0.717) is 23.8 Å². The zero-order valence-corrected chi connectivity index (χ0v) is 12.8. The van der Waals surface area contributed by atoms with Crippen LogP contribution in [0.15, 0.2) is 24.3 Å². The predicted molar refractivity (Wildman–Crippen MR) is 82.6 cm³/mol. The monoisotopic (exact) mass is 292 g/mol. The number of non-ortho nitro benzene ring substituents is 1. The molecule has 0 spiro atoms. The van der Waals surface area contributed by atoms with Crippen LogP contribution < -0.4 is 10.1 Å². The number of hydrogen-bond donors (Lipinski definition) is 1. The summed E-state index contributed by atoms with van der Waals surface area (Å²) in [4.78, 5) is 10.2. The molecule has 0 radical (unpaired) electrons.